The van der Waals surface area contributed by atoms with Crippen LogP contribution in [-0.2, 0) is 13.5 Å². The fourth-order valence-corrected chi connectivity index (χ4v) is 0.112. The van der Waals surface area contributed by atoms with Gasteiger partial charge in [-0.15, -0.1) is 0 Å². The predicted octanol–water partition coefficient (Wildman–Crippen LogP) is -0.368. The molecule has 0 bridgehead atoms. The molecule has 0 saturated carbocycles. The molecule has 66 valence electrons. The van der Waals surface area contributed by atoms with Crippen molar-refractivity contribution in [1.29, 1.82) is 0 Å². The first kappa shape index (κ1) is 13.3. The van der Waals surface area contributed by atoms with Gasteiger partial charge < -0.3 is 18.9 Å². The minimum Gasteiger partial charge on any atom is -0.391 e. The van der Waals surface area contributed by atoms with E-state index in [0.29, 0.717) is 0 Å². The van der Waals surface area contributed by atoms with Crippen LogP contribution in [0.4, 0.5) is 0 Å². The maximum atomic E-state index is 9.76. The van der Waals surface area contributed by atoms with Crippen LogP contribution in [0.5, 0.6) is 0 Å². The van der Waals surface area contributed by atoms with Crippen molar-refractivity contribution in [3.05, 3.63) is 12.7 Å². The Morgan fingerprint density at radius 2 is 1.82 bits per heavy atom. The molecule has 0 unspecified atom stereocenters. The van der Waals surface area contributed by atoms with Gasteiger partial charge in [-0.05, 0) is 0 Å². The van der Waals surface area contributed by atoms with Crippen LogP contribution < -0.4 is 0 Å². The highest BCUT2D eigenvalue weighted by atomic mass is 32.1. The molecule has 3 N–H and O–H groups in total. The van der Waals surface area contributed by atoms with E-state index in [2.05, 4.69) is 23.7 Å². The number of thiol groups is 1. The van der Waals surface area contributed by atoms with Crippen molar-refractivity contribution >= 4 is 26.7 Å². The van der Waals surface area contributed by atoms with E-state index in [1.54, 1.807) is 0 Å². The van der Waals surface area contributed by atoms with Crippen LogP contribution in [0.3, 0.4) is 0 Å². The Balaban J connectivity index is 0. The summed E-state index contributed by atoms with van der Waals surface area (Å²) in [5.74, 6) is -0.529. The van der Waals surface area contributed by atoms with E-state index in [4.69, 9.17) is 19.2 Å². The summed E-state index contributed by atoms with van der Waals surface area (Å²) in [6.07, 6.45) is 1.03. The van der Waals surface area contributed by atoms with E-state index >= 15 is 0 Å². The highest BCUT2D eigenvalue weighted by molar-refractivity contribution is 7.75. The molecule has 0 aliphatic rings. The number of hydrogen-bond acceptors (Lipinski definition) is 4. The first-order chi connectivity index (χ1) is 4.81. The lowest BCUT2D eigenvalue weighted by Gasteiger charge is -1.82. The van der Waals surface area contributed by atoms with Crippen molar-refractivity contribution in [2.45, 2.75) is 0 Å². The normalized spacial score (nSPS) is 9.09. The number of carbonyl (C=O) groups excluding carboxylic acids is 1. The molecule has 6 nitrogen and oxygen atoms in total. The maximum absolute atomic E-state index is 9.76. The van der Waals surface area contributed by atoms with Crippen LogP contribution in [0.2, 0.25) is 0 Å². The second kappa shape index (κ2) is 6.38. The highest BCUT2D eigenvalue weighted by Gasteiger charge is 2.00. The van der Waals surface area contributed by atoms with E-state index in [-0.39, 0.29) is 0 Å². The van der Waals surface area contributed by atoms with Gasteiger partial charge in [-0.1, -0.05) is 6.58 Å². The van der Waals surface area contributed by atoms with Gasteiger partial charge in [-0.25, -0.2) is 9.36 Å². The molecule has 0 rings (SSSR count). The van der Waals surface area contributed by atoms with E-state index in [9.17, 15) is 4.79 Å². The standard InChI is InChI=1S/C3H4O2S.H3O4P/c1-2-3(4)5-6;1-5(2,3)4/h2,6H,1H2;(H3,1,2,3,4). The van der Waals surface area contributed by atoms with Gasteiger partial charge in [-0.3, -0.25) is 0 Å². The molecule has 0 aromatic carbocycles. The lowest BCUT2D eigenvalue weighted by Crippen LogP contribution is -1.86. The van der Waals surface area contributed by atoms with Crippen molar-refractivity contribution in [2.24, 2.45) is 0 Å². The Bertz CT molecular complexity index is 164. The van der Waals surface area contributed by atoms with Crippen LogP contribution in [0.1, 0.15) is 0 Å². The topological polar surface area (TPSA) is 104 Å². The molecular weight excluding hydrogens is 195 g/mol. The van der Waals surface area contributed by atoms with Gasteiger partial charge in [0.1, 0.15) is 0 Å². The number of rotatable bonds is 1. The Morgan fingerprint density at radius 3 is 1.82 bits per heavy atom. The zero-order chi connectivity index (χ0) is 9.49. The summed E-state index contributed by atoms with van der Waals surface area (Å²) < 4.78 is 12.7. The monoisotopic (exact) mass is 202 g/mol. The molecular formula is C3H7O6PS. The molecule has 0 aromatic rings. The highest BCUT2D eigenvalue weighted by Crippen LogP contribution is 2.25. The van der Waals surface area contributed by atoms with Gasteiger partial charge >= 0.3 is 13.8 Å². The average molecular weight is 202 g/mol. The molecule has 0 heterocycles. The molecule has 0 fully saturated rings. The molecule has 11 heavy (non-hydrogen) atoms. The summed E-state index contributed by atoms with van der Waals surface area (Å²) in [5, 5.41) is 0. The van der Waals surface area contributed by atoms with Crippen LogP contribution in [0.15, 0.2) is 12.7 Å². The minimum absolute atomic E-state index is 0.529. The molecule has 0 amide bonds. The van der Waals surface area contributed by atoms with Crippen molar-refractivity contribution < 1.29 is 28.2 Å². The van der Waals surface area contributed by atoms with Crippen LogP contribution in [0.25, 0.3) is 0 Å². The quantitative estimate of drug-likeness (QED) is 0.200. The molecule has 0 aliphatic heterocycles. The number of phosphoric acid groups is 1. The molecule has 0 spiro atoms. The summed E-state index contributed by atoms with van der Waals surface area (Å²) in [6, 6.07) is 0. The first-order valence-corrected chi connectivity index (χ1v) is 4.00. The Hall–Kier alpha value is -0.330. The van der Waals surface area contributed by atoms with Crippen LogP contribution in [0, 0.1) is 0 Å². The lowest BCUT2D eigenvalue weighted by molar-refractivity contribution is -0.127. The molecule has 0 aliphatic carbocycles. The van der Waals surface area contributed by atoms with E-state index < -0.39 is 13.8 Å². The Labute approximate surface area is 68.4 Å². The van der Waals surface area contributed by atoms with E-state index in [1.165, 1.54) is 0 Å². The Kier molecular flexibility index (Phi) is 7.70. The van der Waals surface area contributed by atoms with Gasteiger partial charge in [0.25, 0.3) is 0 Å². The minimum atomic E-state index is -4.64. The van der Waals surface area contributed by atoms with Gasteiger partial charge in [0.2, 0.25) is 0 Å². The third-order valence-electron chi connectivity index (χ3n) is 0.257. The lowest BCUT2D eigenvalue weighted by atomic mass is 10.7. The van der Waals surface area contributed by atoms with Crippen molar-refractivity contribution in [3.8, 4) is 0 Å². The zero-order valence-electron chi connectivity index (χ0n) is 5.25. The summed E-state index contributed by atoms with van der Waals surface area (Å²) in [7, 11) is -4.64. The fourth-order valence-electron chi connectivity index (χ4n) is 0.0373. The smallest absolute Gasteiger partial charge is 0.391 e. The summed E-state index contributed by atoms with van der Waals surface area (Å²) in [6.45, 7) is 3.11. The second-order valence-corrected chi connectivity index (χ2v) is 2.34. The van der Waals surface area contributed by atoms with E-state index in [1.807, 2.05) is 0 Å². The number of carbonyl (C=O) groups is 1. The zero-order valence-corrected chi connectivity index (χ0v) is 7.03. The fraction of sp³-hybridized carbons (Fsp3) is 0. The molecule has 8 heteroatoms. The average Bonchev–Trinajstić information content (AvgIpc) is 1.83. The van der Waals surface area contributed by atoms with Gasteiger partial charge in [0.15, 0.2) is 0 Å². The van der Waals surface area contributed by atoms with Crippen molar-refractivity contribution in [1.82, 2.24) is 0 Å². The predicted molar refractivity (Wildman–Crippen MR) is 39.5 cm³/mol. The third kappa shape index (κ3) is 42.2. The van der Waals surface area contributed by atoms with Crippen LogP contribution in [-0.4, -0.2) is 20.6 Å². The summed E-state index contributed by atoms with van der Waals surface area (Å²) >= 11 is 3.17. The summed E-state index contributed by atoms with van der Waals surface area (Å²) in [5.41, 5.74) is 0. The van der Waals surface area contributed by atoms with E-state index in [0.717, 1.165) is 6.08 Å². The number of hydrogen-bond donors (Lipinski definition) is 4. The summed E-state index contributed by atoms with van der Waals surface area (Å²) in [4.78, 5) is 31.3. The maximum Gasteiger partial charge on any atom is 0.466 e. The third-order valence-corrected chi connectivity index (χ3v) is 0.437. The van der Waals surface area contributed by atoms with Crippen LogP contribution >= 0.6 is 20.7 Å². The van der Waals surface area contributed by atoms with Gasteiger partial charge in [0.05, 0.1) is 0 Å². The van der Waals surface area contributed by atoms with Crippen molar-refractivity contribution in [3.63, 3.8) is 0 Å². The Morgan fingerprint density at radius 1 is 1.55 bits per heavy atom. The van der Waals surface area contributed by atoms with Gasteiger partial charge in [0, 0.05) is 19.0 Å². The second-order valence-electron chi connectivity index (χ2n) is 1.13. The molecule has 0 atom stereocenters. The molecule has 0 aromatic heterocycles. The first-order valence-electron chi connectivity index (χ1n) is 2.07. The van der Waals surface area contributed by atoms with Gasteiger partial charge in [-0.2, -0.15) is 0 Å². The molecule has 0 radical (unpaired) electrons. The SMILES string of the molecule is C=CC(=O)OS.O=P(O)(O)O. The molecule has 0 saturated heterocycles. The largest absolute Gasteiger partial charge is 0.466 e. The van der Waals surface area contributed by atoms with Crippen molar-refractivity contribution in [2.75, 3.05) is 0 Å².